The van der Waals surface area contributed by atoms with E-state index in [1.807, 2.05) is 0 Å². The van der Waals surface area contributed by atoms with E-state index in [2.05, 4.69) is 55.9 Å². The standard InChI is InChI=1S/C11H21N3/c1-8-6-10-11(13(8)4)14(5)9(2)7-12(10)3/h7-8,10-11H,6H2,1-5H3. The summed E-state index contributed by atoms with van der Waals surface area (Å²) < 4.78 is 0. The SMILES string of the molecule is CC1=CN(C)C2CC(C)N(C)C2N1C. The predicted octanol–water partition coefficient (Wildman–Crippen LogP) is 1.14. The van der Waals surface area contributed by atoms with Crippen LogP contribution in [0.2, 0.25) is 0 Å². The fourth-order valence-corrected chi connectivity index (χ4v) is 2.77. The Morgan fingerprint density at radius 1 is 1.29 bits per heavy atom. The van der Waals surface area contributed by atoms with Gasteiger partial charge in [-0.25, -0.2) is 0 Å². The summed E-state index contributed by atoms with van der Waals surface area (Å²) in [7, 11) is 6.63. The van der Waals surface area contributed by atoms with Crippen LogP contribution in [0.25, 0.3) is 0 Å². The molecule has 0 aromatic heterocycles. The van der Waals surface area contributed by atoms with Crippen LogP contribution in [0.15, 0.2) is 11.9 Å². The number of nitrogens with zero attached hydrogens (tertiary/aromatic N) is 3. The lowest BCUT2D eigenvalue weighted by molar-refractivity contribution is 0.0687. The minimum Gasteiger partial charge on any atom is -0.373 e. The van der Waals surface area contributed by atoms with Crippen molar-refractivity contribution in [2.75, 3.05) is 21.1 Å². The van der Waals surface area contributed by atoms with Gasteiger partial charge in [0.1, 0.15) is 6.17 Å². The second-order valence-electron chi connectivity index (χ2n) is 4.78. The summed E-state index contributed by atoms with van der Waals surface area (Å²) in [5, 5.41) is 0. The lowest BCUT2D eigenvalue weighted by atomic mass is 10.1. The van der Waals surface area contributed by atoms with Crippen molar-refractivity contribution in [3.63, 3.8) is 0 Å². The number of likely N-dealkylation sites (N-methyl/N-ethyl adjacent to an activating group) is 3. The van der Waals surface area contributed by atoms with Gasteiger partial charge in [0.2, 0.25) is 0 Å². The van der Waals surface area contributed by atoms with Crippen molar-refractivity contribution in [2.24, 2.45) is 0 Å². The van der Waals surface area contributed by atoms with Crippen molar-refractivity contribution < 1.29 is 0 Å². The molecular formula is C11H21N3. The molecule has 2 aliphatic heterocycles. The van der Waals surface area contributed by atoms with Gasteiger partial charge < -0.3 is 9.80 Å². The Hall–Kier alpha value is -0.700. The maximum absolute atomic E-state index is 2.48. The fourth-order valence-electron chi connectivity index (χ4n) is 2.77. The Balaban J connectivity index is 2.29. The minimum atomic E-state index is 0.556. The third-order valence-corrected chi connectivity index (χ3v) is 3.91. The second-order valence-corrected chi connectivity index (χ2v) is 4.78. The average molecular weight is 195 g/mol. The van der Waals surface area contributed by atoms with Crippen molar-refractivity contribution >= 4 is 0 Å². The van der Waals surface area contributed by atoms with Crippen LogP contribution in [-0.4, -0.2) is 54.1 Å². The third kappa shape index (κ3) is 1.22. The summed E-state index contributed by atoms with van der Waals surface area (Å²) in [6.07, 6.45) is 4.08. The van der Waals surface area contributed by atoms with Crippen molar-refractivity contribution in [1.29, 1.82) is 0 Å². The van der Waals surface area contributed by atoms with Gasteiger partial charge in [-0.05, 0) is 27.3 Å². The summed E-state index contributed by atoms with van der Waals surface area (Å²) in [6, 6.07) is 1.35. The fraction of sp³-hybridized carbons (Fsp3) is 0.818. The lowest BCUT2D eigenvalue weighted by Gasteiger charge is -2.43. The summed E-state index contributed by atoms with van der Waals surface area (Å²) in [6.45, 7) is 4.50. The first-order valence-corrected chi connectivity index (χ1v) is 5.37. The summed E-state index contributed by atoms with van der Waals surface area (Å²) in [5.74, 6) is 0. The number of hydrogen-bond acceptors (Lipinski definition) is 3. The van der Waals surface area contributed by atoms with Crippen molar-refractivity contribution in [3.8, 4) is 0 Å². The van der Waals surface area contributed by atoms with E-state index in [9.17, 15) is 0 Å². The molecule has 3 unspecified atom stereocenters. The molecular weight excluding hydrogens is 174 g/mol. The van der Waals surface area contributed by atoms with Gasteiger partial charge in [0.15, 0.2) is 0 Å². The van der Waals surface area contributed by atoms with Crippen LogP contribution in [-0.2, 0) is 0 Å². The average Bonchev–Trinajstić information content (AvgIpc) is 2.41. The zero-order valence-electron chi connectivity index (χ0n) is 9.86. The highest BCUT2D eigenvalue weighted by atomic mass is 15.4. The first-order valence-electron chi connectivity index (χ1n) is 5.37. The molecule has 3 nitrogen and oxygen atoms in total. The van der Waals surface area contributed by atoms with Crippen molar-refractivity contribution in [3.05, 3.63) is 11.9 Å². The van der Waals surface area contributed by atoms with Crippen LogP contribution in [0.5, 0.6) is 0 Å². The van der Waals surface area contributed by atoms with Crippen LogP contribution in [0, 0.1) is 0 Å². The van der Waals surface area contributed by atoms with Crippen LogP contribution in [0.3, 0.4) is 0 Å². The smallest absolute Gasteiger partial charge is 0.102 e. The molecule has 0 N–H and O–H groups in total. The van der Waals surface area contributed by atoms with Crippen LogP contribution in [0.1, 0.15) is 20.3 Å². The molecule has 2 heterocycles. The molecule has 0 bridgehead atoms. The molecule has 0 saturated carbocycles. The van der Waals surface area contributed by atoms with Gasteiger partial charge in [0.25, 0.3) is 0 Å². The second kappa shape index (κ2) is 3.16. The molecule has 0 radical (unpaired) electrons. The highest BCUT2D eigenvalue weighted by molar-refractivity contribution is 5.10. The Morgan fingerprint density at radius 2 is 1.93 bits per heavy atom. The monoisotopic (exact) mass is 195 g/mol. The van der Waals surface area contributed by atoms with E-state index in [4.69, 9.17) is 0 Å². The van der Waals surface area contributed by atoms with Gasteiger partial charge in [0.05, 0.1) is 6.04 Å². The van der Waals surface area contributed by atoms with Gasteiger partial charge >= 0.3 is 0 Å². The normalized spacial score (nSPS) is 38.6. The molecule has 0 spiro atoms. The lowest BCUT2D eigenvalue weighted by Crippen LogP contribution is -2.53. The van der Waals surface area contributed by atoms with Gasteiger partial charge in [-0.3, -0.25) is 4.90 Å². The first-order chi connectivity index (χ1) is 6.52. The molecule has 0 aromatic rings. The molecule has 3 heteroatoms. The van der Waals surface area contributed by atoms with Gasteiger partial charge in [0, 0.05) is 32.0 Å². The van der Waals surface area contributed by atoms with Crippen molar-refractivity contribution in [1.82, 2.24) is 14.7 Å². The molecule has 0 aliphatic carbocycles. The zero-order valence-corrected chi connectivity index (χ0v) is 9.86. The summed E-state index contributed by atoms with van der Waals surface area (Å²) in [4.78, 5) is 7.26. The number of likely N-dealkylation sites (tertiary alicyclic amines) is 1. The highest BCUT2D eigenvalue weighted by Gasteiger charge is 2.42. The van der Waals surface area contributed by atoms with E-state index in [0.717, 1.165) is 0 Å². The summed E-state index contributed by atoms with van der Waals surface area (Å²) in [5.41, 5.74) is 1.36. The molecule has 3 atom stereocenters. The predicted molar refractivity (Wildman–Crippen MR) is 58.7 cm³/mol. The van der Waals surface area contributed by atoms with E-state index in [1.54, 1.807) is 0 Å². The molecule has 1 fully saturated rings. The maximum atomic E-state index is 2.48. The number of rotatable bonds is 0. The number of fused-ring (bicyclic) bond motifs is 1. The Morgan fingerprint density at radius 3 is 2.57 bits per heavy atom. The van der Waals surface area contributed by atoms with Gasteiger partial charge in [-0.2, -0.15) is 0 Å². The molecule has 0 aromatic carbocycles. The topological polar surface area (TPSA) is 9.72 Å². The maximum Gasteiger partial charge on any atom is 0.102 e. The summed E-state index contributed by atoms with van der Waals surface area (Å²) >= 11 is 0. The van der Waals surface area contributed by atoms with Crippen molar-refractivity contribution in [2.45, 2.75) is 38.5 Å². The van der Waals surface area contributed by atoms with Crippen LogP contribution < -0.4 is 0 Å². The Kier molecular flexibility index (Phi) is 2.22. The van der Waals surface area contributed by atoms with E-state index in [0.29, 0.717) is 18.2 Å². The zero-order chi connectivity index (χ0) is 10.5. The molecule has 2 rings (SSSR count). The molecule has 80 valence electrons. The van der Waals surface area contributed by atoms with E-state index in [-0.39, 0.29) is 0 Å². The Labute approximate surface area is 87.0 Å². The van der Waals surface area contributed by atoms with E-state index in [1.165, 1.54) is 12.1 Å². The molecule has 1 saturated heterocycles. The number of hydrogen-bond donors (Lipinski definition) is 0. The Bertz CT molecular complexity index is 261. The van der Waals surface area contributed by atoms with Gasteiger partial charge in [-0.15, -0.1) is 0 Å². The highest BCUT2D eigenvalue weighted by Crippen LogP contribution is 2.33. The molecule has 0 amide bonds. The van der Waals surface area contributed by atoms with E-state index < -0.39 is 0 Å². The van der Waals surface area contributed by atoms with Crippen LogP contribution in [0.4, 0.5) is 0 Å². The molecule has 2 aliphatic rings. The quantitative estimate of drug-likeness (QED) is 0.574. The first kappa shape index (κ1) is 9.84. The van der Waals surface area contributed by atoms with E-state index >= 15 is 0 Å². The number of allylic oxidation sites excluding steroid dienone is 1. The largest absolute Gasteiger partial charge is 0.373 e. The minimum absolute atomic E-state index is 0.556. The molecule has 14 heavy (non-hydrogen) atoms. The van der Waals surface area contributed by atoms with Crippen LogP contribution >= 0.6 is 0 Å². The van der Waals surface area contributed by atoms with Gasteiger partial charge in [-0.1, -0.05) is 0 Å². The third-order valence-electron chi connectivity index (χ3n) is 3.91.